The van der Waals surface area contributed by atoms with Crippen LogP contribution in [0.25, 0.3) is 22.3 Å². The highest BCUT2D eigenvalue weighted by Crippen LogP contribution is 2.36. The lowest BCUT2D eigenvalue weighted by Crippen LogP contribution is -2.13. The molecule has 0 atom stereocenters. The number of rotatable bonds is 29. The predicted octanol–water partition coefficient (Wildman–Crippen LogP) is 12.7. The summed E-state index contributed by atoms with van der Waals surface area (Å²) in [6.45, 7) is 8.86. The van der Waals surface area contributed by atoms with Crippen LogP contribution in [0.5, 0.6) is 17.2 Å². The topological polar surface area (TPSA) is 172 Å². The number of ether oxygens (including phenoxy) is 6. The third-order valence-electron chi connectivity index (χ3n) is 10.7. The molecule has 0 saturated carbocycles. The summed E-state index contributed by atoms with van der Waals surface area (Å²) >= 11 is 0. The largest absolute Gasteiger partial charge is 0.513 e. The number of azo groups is 1. The lowest BCUT2D eigenvalue weighted by molar-refractivity contribution is -0.138. The molecule has 0 aliphatic rings. The van der Waals surface area contributed by atoms with Gasteiger partial charge in [-0.1, -0.05) is 43.5 Å². The van der Waals surface area contributed by atoms with Crippen molar-refractivity contribution >= 4 is 41.1 Å². The molecule has 0 unspecified atom stereocenters. The van der Waals surface area contributed by atoms with E-state index in [1.54, 1.807) is 6.07 Å². The minimum atomic E-state index is -1.71. The summed E-state index contributed by atoms with van der Waals surface area (Å²) < 4.78 is 33.0. The number of esters is 3. The van der Waals surface area contributed by atoms with Gasteiger partial charge in [-0.05, 0) is 171 Å². The zero-order valence-electron chi connectivity index (χ0n) is 39.4. The van der Waals surface area contributed by atoms with Crippen LogP contribution in [0.2, 0.25) is 0 Å². The van der Waals surface area contributed by atoms with Gasteiger partial charge in [0.2, 0.25) is 0 Å². The molecule has 0 saturated heterocycles. The lowest BCUT2D eigenvalue weighted by atomic mass is 9.88. The summed E-state index contributed by atoms with van der Waals surface area (Å²) in [5.74, 6) is 0.125. The number of nitrogens with zero attached hydrogens (tertiary/aromatic N) is 3. The molecule has 69 heavy (non-hydrogen) atoms. The van der Waals surface area contributed by atoms with Gasteiger partial charge in [0.1, 0.15) is 17.2 Å². The van der Waals surface area contributed by atoms with E-state index in [2.05, 4.69) is 23.4 Å². The van der Waals surface area contributed by atoms with Crippen molar-refractivity contribution in [2.45, 2.75) is 64.2 Å². The quantitative estimate of drug-likeness (QED) is 0.0120. The molecule has 0 aromatic heterocycles. The fourth-order valence-electron chi connectivity index (χ4n) is 7.12. The highest BCUT2D eigenvalue weighted by molar-refractivity contribution is 6.03. The van der Waals surface area contributed by atoms with E-state index < -0.39 is 24.1 Å². The molecule has 5 aromatic rings. The smallest absolute Gasteiger partial charge is 0.494 e. The van der Waals surface area contributed by atoms with Crippen LogP contribution in [0, 0.1) is 0 Å². The second-order valence-electron chi connectivity index (χ2n) is 16.1. The Bertz CT molecular complexity index is 2470. The van der Waals surface area contributed by atoms with Crippen molar-refractivity contribution in [3.8, 4) is 39.5 Å². The van der Waals surface area contributed by atoms with Crippen LogP contribution in [0.1, 0.15) is 73.7 Å². The fourth-order valence-corrected chi connectivity index (χ4v) is 7.12. The zero-order valence-corrected chi connectivity index (χ0v) is 39.4. The number of aryl methyl sites for hydroxylation is 1. The molecular formula is C55H61N3O11. The van der Waals surface area contributed by atoms with Gasteiger partial charge in [-0.3, -0.25) is 0 Å². The maximum Gasteiger partial charge on any atom is 0.513 e. The Labute approximate surface area is 404 Å². The van der Waals surface area contributed by atoms with Crippen LogP contribution in [0.4, 0.5) is 21.9 Å². The van der Waals surface area contributed by atoms with E-state index in [1.165, 1.54) is 0 Å². The fraction of sp³-hybridized carbons (Fsp3) is 0.309. The molecular weight excluding hydrogens is 879 g/mol. The van der Waals surface area contributed by atoms with E-state index in [4.69, 9.17) is 28.4 Å². The number of hydrogen-bond acceptors (Lipinski definition) is 13. The van der Waals surface area contributed by atoms with Crippen LogP contribution in [-0.4, -0.2) is 76.3 Å². The van der Waals surface area contributed by atoms with Crippen LogP contribution < -0.4 is 19.1 Å². The molecule has 362 valence electrons. The Hall–Kier alpha value is -7.74. The van der Waals surface area contributed by atoms with E-state index in [9.17, 15) is 24.3 Å². The number of carboxylic acid groups (broad SMARTS) is 1. The highest BCUT2D eigenvalue weighted by Gasteiger charge is 2.23. The number of benzene rings is 5. The summed E-state index contributed by atoms with van der Waals surface area (Å²) in [6.07, 6.45) is 8.38. The summed E-state index contributed by atoms with van der Waals surface area (Å²) in [6, 6.07) is 33.6. The third-order valence-corrected chi connectivity index (χ3v) is 10.7. The first kappa shape index (κ1) is 52.2. The van der Waals surface area contributed by atoms with Crippen molar-refractivity contribution < 1.29 is 52.7 Å². The average Bonchev–Trinajstić information content (AvgIpc) is 3.36. The molecule has 0 amide bonds. The van der Waals surface area contributed by atoms with Crippen molar-refractivity contribution in [1.29, 1.82) is 0 Å². The van der Waals surface area contributed by atoms with Crippen molar-refractivity contribution in [3.63, 3.8) is 0 Å². The first-order valence-electron chi connectivity index (χ1n) is 23.1. The van der Waals surface area contributed by atoms with Crippen LogP contribution in [-0.2, 0) is 30.2 Å². The molecule has 0 heterocycles. The van der Waals surface area contributed by atoms with E-state index in [0.29, 0.717) is 85.5 Å². The van der Waals surface area contributed by atoms with Gasteiger partial charge in [0.25, 0.3) is 0 Å². The van der Waals surface area contributed by atoms with Crippen molar-refractivity contribution in [2.24, 2.45) is 10.2 Å². The molecule has 0 aliphatic carbocycles. The zero-order chi connectivity index (χ0) is 49.2. The molecule has 0 bridgehead atoms. The Morgan fingerprint density at radius 3 is 1.43 bits per heavy atom. The minimum Gasteiger partial charge on any atom is -0.494 e. The van der Waals surface area contributed by atoms with Crippen LogP contribution >= 0.6 is 0 Å². The number of carbonyl (C=O) groups is 4. The number of anilines is 1. The second kappa shape index (κ2) is 28.4. The average molecular weight is 940 g/mol. The van der Waals surface area contributed by atoms with Gasteiger partial charge in [0, 0.05) is 31.9 Å². The van der Waals surface area contributed by atoms with Crippen molar-refractivity contribution in [3.05, 3.63) is 146 Å². The van der Waals surface area contributed by atoms with Crippen molar-refractivity contribution in [1.82, 2.24) is 0 Å². The molecule has 5 aromatic carbocycles. The summed E-state index contributed by atoms with van der Waals surface area (Å²) in [4.78, 5) is 49.9. The molecule has 14 nitrogen and oxygen atoms in total. The maximum atomic E-state index is 13.7. The maximum absolute atomic E-state index is 13.7. The first-order valence-corrected chi connectivity index (χ1v) is 23.1. The molecule has 5 rings (SSSR count). The van der Waals surface area contributed by atoms with E-state index >= 15 is 0 Å². The summed E-state index contributed by atoms with van der Waals surface area (Å²) in [5, 5.41) is 18.3. The van der Waals surface area contributed by atoms with Gasteiger partial charge in [0.15, 0.2) is 0 Å². The molecule has 0 radical (unpaired) electrons. The van der Waals surface area contributed by atoms with E-state index in [-0.39, 0.29) is 5.56 Å². The van der Waals surface area contributed by atoms with Gasteiger partial charge >= 0.3 is 24.1 Å². The van der Waals surface area contributed by atoms with Gasteiger partial charge in [0.05, 0.1) is 50.0 Å². The summed E-state index contributed by atoms with van der Waals surface area (Å²) in [5.41, 5.74) is 6.06. The Morgan fingerprint density at radius 2 is 0.971 bits per heavy atom. The number of carbonyl (C=O) groups excluding carboxylic acids is 3. The Morgan fingerprint density at radius 1 is 0.536 bits per heavy atom. The Balaban J connectivity index is 1.29. The third kappa shape index (κ3) is 18.1. The SMILES string of the molecule is C=CC(=O)OCCCCCCOc1ccc(-c2cc(CCCOc3ccc(N=Nc4ccc(N(C)C)cc4)cc3)c(-c3ccc(OCCCCCCOC(=O)C=C)cc3)c(C(=O)OC(=O)O)c2)cc1. The van der Waals surface area contributed by atoms with Gasteiger partial charge < -0.3 is 38.4 Å². The highest BCUT2D eigenvalue weighted by atomic mass is 16.7. The van der Waals surface area contributed by atoms with Crippen molar-refractivity contribution in [2.75, 3.05) is 52.0 Å². The Kier molecular flexibility index (Phi) is 21.5. The van der Waals surface area contributed by atoms with Crippen LogP contribution in [0.3, 0.4) is 0 Å². The number of hydrogen-bond donors (Lipinski definition) is 1. The second-order valence-corrected chi connectivity index (χ2v) is 16.1. The van der Waals surface area contributed by atoms with Gasteiger partial charge in [-0.15, -0.1) is 0 Å². The monoisotopic (exact) mass is 939 g/mol. The molecule has 1 N–H and O–H groups in total. The normalized spacial score (nSPS) is 10.8. The van der Waals surface area contributed by atoms with Gasteiger partial charge in [-0.25, -0.2) is 19.2 Å². The first-order chi connectivity index (χ1) is 33.5. The summed E-state index contributed by atoms with van der Waals surface area (Å²) in [7, 11) is 3.96. The molecule has 0 spiro atoms. The molecule has 0 fully saturated rings. The van der Waals surface area contributed by atoms with E-state index in [0.717, 1.165) is 86.0 Å². The van der Waals surface area contributed by atoms with E-state index in [1.807, 2.05) is 122 Å². The minimum absolute atomic E-state index is 0.0937. The molecule has 14 heteroatoms. The van der Waals surface area contributed by atoms with Gasteiger partial charge in [-0.2, -0.15) is 10.2 Å². The lowest BCUT2D eigenvalue weighted by Gasteiger charge is -2.18. The van der Waals surface area contributed by atoms with Crippen LogP contribution in [0.15, 0.2) is 145 Å². The standard InChI is InChI=1S/C55H61N3O11/c1-5-51(59)67-35-13-9-7-11-33-64-47-27-17-40(18-28-47)43-38-42(16-15-37-66-49-31-23-45(24-32-49)57-56-44-21-25-46(26-22-44)58(3)4)53(50(39-43)54(61)69-55(62)63)41-19-29-48(30-20-41)65-34-12-8-10-14-36-68-52(60)6-2/h5-6,17-32,38-39H,1-2,7-16,33-37H2,3-4H3,(H,62,63). The molecule has 0 aliphatic heterocycles. The number of unbranched alkanes of at least 4 members (excludes halogenated alkanes) is 6. The predicted molar refractivity (Wildman–Crippen MR) is 266 cm³/mol.